The standard InChI is InChI=1S/C17H27N5O2/c1-6-14-13(15(7-2)24-22-14)9-19-17(18-8-3)20-10-16-21-11(4)12(5)23-16/h6-10H2,1-5H3,(H2,18,19,20). The summed E-state index contributed by atoms with van der Waals surface area (Å²) >= 11 is 0. The van der Waals surface area contributed by atoms with Crippen molar-refractivity contribution in [2.75, 3.05) is 6.54 Å². The molecule has 0 fully saturated rings. The van der Waals surface area contributed by atoms with E-state index in [1.165, 1.54) is 0 Å². The predicted octanol–water partition coefficient (Wildman–Crippen LogP) is 2.66. The zero-order valence-electron chi connectivity index (χ0n) is 15.2. The van der Waals surface area contributed by atoms with Crippen LogP contribution in [0.3, 0.4) is 0 Å². The summed E-state index contributed by atoms with van der Waals surface area (Å²) in [5, 5.41) is 10.6. The van der Waals surface area contributed by atoms with Gasteiger partial charge in [-0.2, -0.15) is 0 Å². The molecule has 0 aliphatic rings. The van der Waals surface area contributed by atoms with Gasteiger partial charge in [0.25, 0.3) is 0 Å². The Kier molecular flexibility index (Phi) is 6.40. The van der Waals surface area contributed by atoms with Gasteiger partial charge in [0.1, 0.15) is 11.5 Å². The number of hydrogen-bond donors (Lipinski definition) is 2. The highest BCUT2D eigenvalue weighted by Gasteiger charge is 2.13. The number of oxazole rings is 1. The Hall–Kier alpha value is -2.31. The monoisotopic (exact) mass is 333 g/mol. The number of nitrogens with zero attached hydrogens (tertiary/aromatic N) is 3. The largest absolute Gasteiger partial charge is 0.444 e. The van der Waals surface area contributed by atoms with Gasteiger partial charge in [-0.25, -0.2) is 9.98 Å². The first kappa shape index (κ1) is 18.0. The lowest BCUT2D eigenvalue weighted by atomic mass is 10.1. The summed E-state index contributed by atoms with van der Waals surface area (Å²) < 4.78 is 11.0. The normalized spacial score (nSPS) is 11.8. The summed E-state index contributed by atoms with van der Waals surface area (Å²) in [4.78, 5) is 9.01. The van der Waals surface area contributed by atoms with Crippen LogP contribution in [-0.4, -0.2) is 22.6 Å². The number of aliphatic imine (C=N–C) groups is 1. The van der Waals surface area contributed by atoms with Crippen LogP contribution in [0.1, 0.15) is 55.1 Å². The van der Waals surface area contributed by atoms with E-state index >= 15 is 0 Å². The predicted molar refractivity (Wildman–Crippen MR) is 92.9 cm³/mol. The third-order valence-corrected chi connectivity index (χ3v) is 3.83. The van der Waals surface area contributed by atoms with Crippen molar-refractivity contribution in [1.29, 1.82) is 0 Å². The highest BCUT2D eigenvalue weighted by Crippen LogP contribution is 2.16. The fraction of sp³-hybridized carbons (Fsp3) is 0.588. The maximum atomic E-state index is 5.58. The lowest BCUT2D eigenvalue weighted by Gasteiger charge is -2.09. The van der Waals surface area contributed by atoms with Crippen LogP contribution in [0.5, 0.6) is 0 Å². The van der Waals surface area contributed by atoms with E-state index in [-0.39, 0.29) is 0 Å². The van der Waals surface area contributed by atoms with Gasteiger partial charge in [-0.3, -0.25) is 0 Å². The van der Waals surface area contributed by atoms with E-state index in [1.54, 1.807) is 0 Å². The van der Waals surface area contributed by atoms with Crippen molar-refractivity contribution < 1.29 is 8.94 Å². The molecule has 0 amide bonds. The molecule has 2 aromatic rings. The quantitative estimate of drug-likeness (QED) is 0.598. The second kappa shape index (κ2) is 8.52. The van der Waals surface area contributed by atoms with Crippen molar-refractivity contribution in [2.45, 2.75) is 60.5 Å². The molecule has 0 radical (unpaired) electrons. The van der Waals surface area contributed by atoms with E-state index in [1.807, 2.05) is 20.8 Å². The number of nitrogens with one attached hydrogen (secondary N) is 2. The summed E-state index contributed by atoms with van der Waals surface area (Å²) in [5.41, 5.74) is 2.98. The van der Waals surface area contributed by atoms with Gasteiger partial charge in [-0.1, -0.05) is 19.0 Å². The summed E-state index contributed by atoms with van der Waals surface area (Å²) in [6, 6.07) is 0. The molecule has 0 saturated heterocycles. The van der Waals surface area contributed by atoms with Crippen LogP contribution in [-0.2, 0) is 25.9 Å². The van der Waals surface area contributed by atoms with Crippen molar-refractivity contribution in [3.05, 3.63) is 34.4 Å². The molecular formula is C17H27N5O2. The molecule has 0 aliphatic carbocycles. The highest BCUT2D eigenvalue weighted by molar-refractivity contribution is 5.79. The van der Waals surface area contributed by atoms with Gasteiger partial charge in [0.05, 0.1) is 24.5 Å². The number of guanidine groups is 1. The fourth-order valence-electron chi connectivity index (χ4n) is 2.39. The molecule has 24 heavy (non-hydrogen) atoms. The van der Waals surface area contributed by atoms with Crippen molar-refractivity contribution in [3.63, 3.8) is 0 Å². The Morgan fingerprint density at radius 2 is 1.92 bits per heavy atom. The summed E-state index contributed by atoms with van der Waals surface area (Å²) in [6.07, 6.45) is 1.66. The van der Waals surface area contributed by atoms with Gasteiger partial charge in [0.2, 0.25) is 5.89 Å². The molecule has 7 heteroatoms. The molecular weight excluding hydrogens is 306 g/mol. The van der Waals surface area contributed by atoms with E-state index in [2.05, 4.69) is 39.6 Å². The summed E-state index contributed by atoms with van der Waals surface area (Å²) in [6.45, 7) is 11.8. The number of rotatable bonds is 7. The minimum atomic E-state index is 0.491. The minimum absolute atomic E-state index is 0.491. The molecule has 2 rings (SSSR count). The highest BCUT2D eigenvalue weighted by atomic mass is 16.5. The van der Waals surface area contributed by atoms with Gasteiger partial charge in [-0.05, 0) is 27.2 Å². The average Bonchev–Trinajstić information content (AvgIpc) is 3.12. The Bertz CT molecular complexity index is 646. The van der Waals surface area contributed by atoms with Crippen LogP contribution >= 0.6 is 0 Å². The van der Waals surface area contributed by atoms with Gasteiger partial charge in [0.15, 0.2) is 5.96 Å². The van der Waals surface area contributed by atoms with E-state index in [0.29, 0.717) is 19.0 Å². The van der Waals surface area contributed by atoms with Crippen LogP contribution < -0.4 is 10.6 Å². The van der Waals surface area contributed by atoms with Gasteiger partial charge < -0.3 is 19.6 Å². The topological polar surface area (TPSA) is 88.5 Å². The maximum Gasteiger partial charge on any atom is 0.214 e. The molecule has 2 heterocycles. The lowest BCUT2D eigenvalue weighted by Crippen LogP contribution is -2.36. The first-order chi connectivity index (χ1) is 11.6. The molecule has 0 aliphatic heterocycles. The molecule has 0 bridgehead atoms. The molecule has 2 aromatic heterocycles. The molecule has 0 unspecified atom stereocenters. The second-order valence-electron chi connectivity index (χ2n) is 5.54. The van der Waals surface area contributed by atoms with E-state index in [9.17, 15) is 0 Å². The molecule has 132 valence electrons. The van der Waals surface area contributed by atoms with Crippen molar-refractivity contribution in [1.82, 2.24) is 20.8 Å². The molecule has 7 nitrogen and oxygen atoms in total. The first-order valence-electron chi connectivity index (χ1n) is 8.50. The van der Waals surface area contributed by atoms with Crippen molar-refractivity contribution in [3.8, 4) is 0 Å². The van der Waals surface area contributed by atoms with Gasteiger partial charge in [0, 0.05) is 18.5 Å². The van der Waals surface area contributed by atoms with E-state index in [4.69, 9.17) is 8.94 Å². The number of aromatic nitrogens is 2. The van der Waals surface area contributed by atoms with Crippen LogP contribution in [0.25, 0.3) is 0 Å². The Morgan fingerprint density at radius 1 is 1.12 bits per heavy atom. The molecule has 2 N–H and O–H groups in total. The lowest BCUT2D eigenvalue weighted by molar-refractivity contribution is 0.380. The maximum absolute atomic E-state index is 5.58. The smallest absolute Gasteiger partial charge is 0.214 e. The Balaban J connectivity index is 2.06. The molecule has 0 saturated carbocycles. The van der Waals surface area contributed by atoms with Crippen LogP contribution in [0.4, 0.5) is 0 Å². The second-order valence-corrected chi connectivity index (χ2v) is 5.54. The molecule has 0 aromatic carbocycles. The van der Waals surface area contributed by atoms with E-state index < -0.39 is 0 Å². The first-order valence-corrected chi connectivity index (χ1v) is 8.50. The number of hydrogen-bond acceptors (Lipinski definition) is 5. The van der Waals surface area contributed by atoms with E-state index in [0.717, 1.165) is 53.8 Å². The Labute approximate surface area is 142 Å². The number of aryl methyl sites for hydroxylation is 4. The zero-order valence-corrected chi connectivity index (χ0v) is 15.2. The summed E-state index contributed by atoms with van der Waals surface area (Å²) in [7, 11) is 0. The van der Waals surface area contributed by atoms with Gasteiger partial charge in [-0.15, -0.1) is 0 Å². The van der Waals surface area contributed by atoms with Crippen LogP contribution in [0.2, 0.25) is 0 Å². The van der Waals surface area contributed by atoms with Gasteiger partial charge >= 0.3 is 0 Å². The SMILES string of the molecule is CCNC(=NCc1c(CC)noc1CC)NCc1nc(C)c(C)o1. The fourth-order valence-corrected chi connectivity index (χ4v) is 2.39. The molecule has 0 spiro atoms. The van der Waals surface area contributed by atoms with Crippen molar-refractivity contribution in [2.24, 2.45) is 4.99 Å². The summed E-state index contributed by atoms with van der Waals surface area (Å²) in [5.74, 6) is 3.13. The van der Waals surface area contributed by atoms with Crippen LogP contribution in [0, 0.1) is 13.8 Å². The van der Waals surface area contributed by atoms with Crippen molar-refractivity contribution >= 4 is 5.96 Å². The average molecular weight is 333 g/mol. The minimum Gasteiger partial charge on any atom is -0.444 e. The third kappa shape index (κ3) is 4.37. The Morgan fingerprint density at radius 3 is 2.50 bits per heavy atom. The zero-order chi connectivity index (χ0) is 17.5. The van der Waals surface area contributed by atoms with Crippen LogP contribution in [0.15, 0.2) is 13.9 Å². The third-order valence-electron chi connectivity index (χ3n) is 3.83. The molecule has 0 atom stereocenters.